The molecule has 2 aliphatic carbocycles. The number of benzene rings is 9. The highest BCUT2D eigenvalue weighted by Gasteiger charge is 2.38. The number of anilines is 3. The number of rotatable bonds is 5. The predicted octanol–water partition coefficient (Wildman–Crippen LogP) is 16.2. The van der Waals surface area contributed by atoms with E-state index in [4.69, 9.17) is 4.42 Å². The Balaban J connectivity index is 0.997. The second-order valence-corrected chi connectivity index (χ2v) is 17.7. The molecular formula is C58H43NO. The Kier molecular flexibility index (Phi) is 7.36. The molecule has 0 spiro atoms. The van der Waals surface area contributed by atoms with E-state index in [9.17, 15) is 0 Å². The quantitative estimate of drug-likeness (QED) is 0.173. The van der Waals surface area contributed by atoms with Gasteiger partial charge in [-0.15, -0.1) is 0 Å². The van der Waals surface area contributed by atoms with Crippen molar-refractivity contribution in [3.05, 3.63) is 210 Å². The molecule has 0 saturated heterocycles. The summed E-state index contributed by atoms with van der Waals surface area (Å²) in [6.07, 6.45) is 0. The van der Waals surface area contributed by atoms with Crippen molar-refractivity contribution in [1.29, 1.82) is 0 Å². The van der Waals surface area contributed by atoms with Crippen LogP contribution in [0, 0.1) is 0 Å². The fraction of sp³-hybridized carbons (Fsp3) is 0.103. The Labute approximate surface area is 351 Å². The van der Waals surface area contributed by atoms with E-state index < -0.39 is 0 Å². The summed E-state index contributed by atoms with van der Waals surface area (Å²) in [6, 6.07) is 69.2. The van der Waals surface area contributed by atoms with Crippen molar-refractivity contribution < 1.29 is 4.42 Å². The SMILES string of the molecule is CC1(C)c2ccccc2-c2ccc(-c3ccc(N(c4ccc(-c5cccc6c5C(C)(C)c5ccccc5-6)cc4)c4cccc5oc6c7ccccc7ccc6c45)cc3)cc21. The third kappa shape index (κ3) is 4.94. The molecule has 9 aromatic carbocycles. The number of hydrogen-bond donors (Lipinski definition) is 0. The Morgan fingerprint density at radius 3 is 1.75 bits per heavy atom. The fourth-order valence-electron chi connectivity index (χ4n) is 10.7. The van der Waals surface area contributed by atoms with Gasteiger partial charge in [-0.2, -0.15) is 0 Å². The first-order valence-corrected chi connectivity index (χ1v) is 21.1. The minimum atomic E-state index is -0.101. The summed E-state index contributed by atoms with van der Waals surface area (Å²) >= 11 is 0. The maximum Gasteiger partial charge on any atom is 0.143 e. The summed E-state index contributed by atoms with van der Waals surface area (Å²) in [5.41, 5.74) is 20.7. The molecule has 0 unspecified atom stereocenters. The van der Waals surface area contributed by atoms with Crippen molar-refractivity contribution in [3.8, 4) is 44.5 Å². The van der Waals surface area contributed by atoms with Gasteiger partial charge in [0.05, 0.1) is 11.1 Å². The molecule has 1 heterocycles. The molecule has 1 aromatic heterocycles. The van der Waals surface area contributed by atoms with E-state index in [0.717, 1.165) is 44.4 Å². The molecule has 0 saturated carbocycles. The van der Waals surface area contributed by atoms with Crippen molar-refractivity contribution in [2.45, 2.75) is 38.5 Å². The Bertz CT molecular complexity index is 3360. The van der Waals surface area contributed by atoms with Crippen LogP contribution in [0.25, 0.3) is 77.2 Å². The monoisotopic (exact) mass is 769 g/mol. The third-order valence-corrected chi connectivity index (χ3v) is 13.7. The van der Waals surface area contributed by atoms with Crippen molar-refractivity contribution in [3.63, 3.8) is 0 Å². The van der Waals surface area contributed by atoms with Gasteiger partial charge in [-0.3, -0.25) is 0 Å². The van der Waals surface area contributed by atoms with Gasteiger partial charge in [-0.25, -0.2) is 0 Å². The number of furan rings is 1. The third-order valence-electron chi connectivity index (χ3n) is 13.7. The number of hydrogen-bond acceptors (Lipinski definition) is 2. The van der Waals surface area contributed by atoms with Crippen molar-refractivity contribution in [2.24, 2.45) is 0 Å². The minimum absolute atomic E-state index is 0.0538. The average Bonchev–Trinajstić information content (AvgIpc) is 3.87. The van der Waals surface area contributed by atoms with Crippen molar-refractivity contribution >= 4 is 49.8 Å². The smallest absolute Gasteiger partial charge is 0.143 e. The van der Waals surface area contributed by atoms with Crippen LogP contribution < -0.4 is 4.90 Å². The molecule has 286 valence electrons. The molecule has 0 N–H and O–H groups in total. The lowest BCUT2D eigenvalue weighted by molar-refractivity contribution is 0.660. The van der Waals surface area contributed by atoms with Crippen LogP contribution >= 0.6 is 0 Å². The average molecular weight is 770 g/mol. The molecular weight excluding hydrogens is 727 g/mol. The fourth-order valence-corrected chi connectivity index (χ4v) is 10.7. The van der Waals surface area contributed by atoms with E-state index in [1.807, 2.05) is 0 Å². The molecule has 0 atom stereocenters. The predicted molar refractivity (Wildman–Crippen MR) is 252 cm³/mol. The van der Waals surface area contributed by atoms with Gasteiger partial charge in [0.25, 0.3) is 0 Å². The van der Waals surface area contributed by atoms with Crippen molar-refractivity contribution in [2.75, 3.05) is 4.90 Å². The van der Waals surface area contributed by atoms with Crippen LogP contribution in [0.3, 0.4) is 0 Å². The van der Waals surface area contributed by atoms with Gasteiger partial charge in [0.2, 0.25) is 0 Å². The Hall–Kier alpha value is -7.16. The van der Waals surface area contributed by atoms with Crippen LogP contribution in [-0.2, 0) is 10.8 Å². The minimum Gasteiger partial charge on any atom is -0.455 e. The summed E-state index contributed by atoms with van der Waals surface area (Å²) in [7, 11) is 0. The van der Waals surface area contributed by atoms with E-state index >= 15 is 0 Å². The van der Waals surface area contributed by atoms with Crippen LogP contribution in [-0.4, -0.2) is 0 Å². The highest BCUT2D eigenvalue weighted by molar-refractivity contribution is 6.19. The first-order chi connectivity index (χ1) is 29.3. The largest absolute Gasteiger partial charge is 0.455 e. The second-order valence-electron chi connectivity index (χ2n) is 17.7. The first kappa shape index (κ1) is 34.8. The number of nitrogens with zero attached hydrogens (tertiary/aromatic N) is 1. The van der Waals surface area contributed by atoms with Gasteiger partial charge in [0.15, 0.2) is 0 Å². The zero-order valence-corrected chi connectivity index (χ0v) is 34.3. The normalized spacial score (nSPS) is 14.3. The van der Waals surface area contributed by atoms with Crippen LogP contribution in [0.5, 0.6) is 0 Å². The zero-order chi connectivity index (χ0) is 40.3. The lowest BCUT2D eigenvalue weighted by Crippen LogP contribution is -2.16. The first-order valence-electron chi connectivity index (χ1n) is 21.1. The van der Waals surface area contributed by atoms with Gasteiger partial charge in [-0.05, 0) is 121 Å². The van der Waals surface area contributed by atoms with Crippen LogP contribution in [0.2, 0.25) is 0 Å². The molecule has 0 radical (unpaired) electrons. The lowest BCUT2D eigenvalue weighted by atomic mass is 9.79. The standard InChI is InChI=1S/C58H43NO/c1-57(2)49-19-9-7-15-44(49)46-33-28-39(35-51(46)57)36-23-29-40(30-24-36)59(52-21-12-22-53-54(52)48-34-27-37-13-5-6-14-43(37)56(48)60-53)41-31-25-38(26-32-41)42-17-11-18-47-45-16-8-10-20-50(45)58(3,4)55(42)47/h5-35H,1-4H3. The van der Waals surface area contributed by atoms with Crippen LogP contribution in [0.15, 0.2) is 192 Å². The van der Waals surface area contributed by atoms with E-state index in [0.29, 0.717) is 0 Å². The van der Waals surface area contributed by atoms with E-state index in [1.54, 1.807) is 0 Å². The molecule has 0 fully saturated rings. The second kappa shape index (κ2) is 12.7. The summed E-state index contributed by atoms with van der Waals surface area (Å²) in [4.78, 5) is 2.40. The van der Waals surface area contributed by atoms with Gasteiger partial charge in [0.1, 0.15) is 11.2 Å². The van der Waals surface area contributed by atoms with Crippen molar-refractivity contribution in [1.82, 2.24) is 0 Å². The summed E-state index contributed by atoms with van der Waals surface area (Å²) in [5.74, 6) is 0. The topological polar surface area (TPSA) is 16.4 Å². The molecule has 0 amide bonds. The summed E-state index contributed by atoms with van der Waals surface area (Å²) < 4.78 is 6.72. The zero-order valence-electron chi connectivity index (χ0n) is 34.3. The molecule has 0 bridgehead atoms. The highest BCUT2D eigenvalue weighted by Crippen LogP contribution is 2.53. The van der Waals surface area contributed by atoms with Gasteiger partial charge in [0, 0.05) is 33.0 Å². The molecule has 2 heteroatoms. The summed E-state index contributed by atoms with van der Waals surface area (Å²) in [5, 5.41) is 4.51. The van der Waals surface area contributed by atoms with Gasteiger partial charge >= 0.3 is 0 Å². The molecule has 0 aliphatic heterocycles. The van der Waals surface area contributed by atoms with Crippen LogP contribution in [0.4, 0.5) is 17.1 Å². The van der Waals surface area contributed by atoms with E-state index in [2.05, 4.69) is 221 Å². The molecule has 60 heavy (non-hydrogen) atoms. The highest BCUT2D eigenvalue weighted by atomic mass is 16.3. The molecule has 2 aliphatic rings. The molecule has 2 nitrogen and oxygen atoms in total. The number of fused-ring (bicyclic) bond motifs is 11. The Morgan fingerprint density at radius 1 is 0.400 bits per heavy atom. The molecule has 10 aromatic rings. The lowest BCUT2D eigenvalue weighted by Gasteiger charge is -2.27. The summed E-state index contributed by atoms with van der Waals surface area (Å²) in [6.45, 7) is 9.43. The Morgan fingerprint density at radius 2 is 0.983 bits per heavy atom. The van der Waals surface area contributed by atoms with Crippen LogP contribution in [0.1, 0.15) is 49.9 Å². The van der Waals surface area contributed by atoms with E-state index in [-0.39, 0.29) is 10.8 Å². The van der Waals surface area contributed by atoms with Gasteiger partial charge in [-0.1, -0.05) is 167 Å². The van der Waals surface area contributed by atoms with Gasteiger partial charge < -0.3 is 9.32 Å². The maximum absolute atomic E-state index is 6.72. The molecule has 12 rings (SSSR count). The van der Waals surface area contributed by atoms with E-state index in [1.165, 1.54) is 72.1 Å². The maximum atomic E-state index is 6.72.